The van der Waals surface area contributed by atoms with Crippen LogP contribution in [0.25, 0.3) is 0 Å². The van der Waals surface area contributed by atoms with Gasteiger partial charge in [-0.3, -0.25) is 4.79 Å². The van der Waals surface area contributed by atoms with Gasteiger partial charge in [-0.25, -0.2) is 4.98 Å². The molecule has 0 radical (unpaired) electrons. The summed E-state index contributed by atoms with van der Waals surface area (Å²) in [5, 5.41) is 9.26. The molecule has 6 nitrogen and oxygen atoms in total. The Morgan fingerprint density at radius 2 is 2.50 bits per heavy atom. The number of aliphatic hydroxyl groups is 1. The molecule has 1 atom stereocenters. The van der Waals surface area contributed by atoms with E-state index in [0.29, 0.717) is 25.3 Å². The number of hydrogen-bond donors (Lipinski definition) is 2. The molecule has 1 amide bonds. The minimum atomic E-state index is -0.346. The fourth-order valence-corrected chi connectivity index (χ4v) is 1.97. The Hall–Kier alpha value is -1.37. The number of carbonyl (C=O) groups excluding carboxylic acids is 1. The van der Waals surface area contributed by atoms with E-state index in [1.165, 1.54) is 12.3 Å². The molecule has 0 aliphatic carbocycles. The highest BCUT2D eigenvalue weighted by Crippen LogP contribution is 2.18. The van der Waals surface area contributed by atoms with Gasteiger partial charge in [0.2, 0.25) is 0 Å². The Bertz CT molecular complexity index is 455. The largest absolute Gasteiger partial charge is 0.397 e. The quantitative estimate of drug-likeness (QED) is 0.748. The van der Waals surface area contributed by atoms with Crippen LogP contribution in [0.4, 0.5) is 5.69 Å². The second-order valence-electron chi connectivity index (χ2n) is 4.02. The predicted octanol–water partition coefficient (Wildman–Crippen LogP) is 0.150. The first-order valence-corrected chi connectivity index (χ1v) is 5.92. The highest BCUT2D eigenvalue weighted by Gasteiger charge is 2.25. The summed E-state index contributed by atoms with van der Waals surface area (Å²) in [7, 11) is 0. The normalized spacial score (nSPS) is 19.9. The van der Waals surface area contributed by atoms with Crippen molar-refractivity contribution in [3.8, 4) is 0 Å². The third-order valence-electron chi connectivity index (χ3n) is 2.76. The van der Waals surface area contributed by atoms with Gasteiger partial charge in [-0.1, -0.05) is 11.6 Å². The standard InChI is InChI=1S/C11H14ClN3O3/c12-10-3-8(9(13)4-14-10)11(17)15-1-2-18-7(5-15)6-16/h3-4,7,16H,1-2,5-6,13H2. The van der Waals surface area contributed by atoms with Crippen LogP contribution in [0, 0.1) is 0 Å². The molecule has 2 heterocycles. The minimum absolute atomic E-state index is 0.115. The molecule has 0 saturated carbocycles. The van der Waals surface area contributed by atoms with Crippen LogP contribution in [0.5, 0.6) is 0 Å². The molecule has 0 aromatic carbocycles. The maximum absolute atomic E-state index is 12.3. The number of ether oxygens (including phenoxy) is 1. The molecule has 7 heteroatoms. The van der Waals surface area contributed by atoms with Gasteiger partial charge in [0.15, 0.2) is 0 Å². The van der Waals surface area contributed by atoms with Gasteiger partial charge >= 0.3 is 0 Å². The van der Waals surface area contributed by atoms with Gasteiger partial charge in [0, 0.05) is 13.1 Å². The van der Waals surface area contributed by atoms with Crippen LogP contribution in [-0.4, -0.2) is 53.3 Å². The fourth-order valence-electron chi connectivity index (χ4n) is 1.81. The van der Waals surface area contributed by atoms with E-state index >= 15 is 0 Å². The topological polar surface area (TPSA) is 88.7 Å². The average Bonchev–Trinajstić information content (AvgIpc) is 2.41. The molecule has 3 N–H and O–H groups in total. The van der Waals surface area contributed by atoms with Gasteiger partial charge in [0.1, 0.15) is 5.15 Å². The van der Waals surface area contributed by atoms with Crippen molar-refractivity contribution in [2.24, 2.45) is 0 Å². The van der Waals surface area contributed by atoms with Crippen LogP contribution in [0.1, 0.15) is 10.4 Å². The molecule has 1 fully saturated rings. The fraction of sp³-hybridized carbons (Fsp3) is 0.455. The van der Waals surface area contributed by atoms with Gasteiger partial charge in [0.25, 0.3) is 5.91 Å². The number of morpholine rings is 1. The van der Waals surface area contributed by atoms with E-state index in [1.54, 1.807) is 4.90 Å². The number of hydrogen-bond acceptors (Lipinski definition) is 5. The molecule has 1 saturated heterocycles. The lowest BCUT2D eigenvalue weighted by atomic mass is 10.2. The number of halogens is 1. The van der Waals surface area contributed by atoms with Crippen molar-refractivity contribution < 1.29 is 14.6 Å². The van der Waals surface area contributed by atoms with E-state index in [9.17, 15) is 4.79 Å². The van der Waals surface area contributed by atoms with Crippen molar-refractivity contribution in [3.63, 3.8) is 0 Å². The number of nitrogens with two attached hydrogens (primary N) is 1. The van der Waals surface area contributed by atoms with Crippen LogP contribution in [0.3, 0.4) is 0 Å². The first kappa shape index (κ1) is 13.1. The van der Waals surface area contributed by atoms with E-state index in [-0.39, 0.29) is 29.5 Å². The zero-order valence-electron chi connectivity index (χ0n) is 9.67. The van der Waals surface area contributed by atoms with E-state index in [1.807, 2.05) is 0 Å². The van der Waals surface area contributed by atoms with E-state index in [0.717, 1.165) is 0 Å². The summed E-state index contributed by atoms with van der Waals surface area (Å²) in [6.45, 7) is 1.09. The number of nitrogen functional groups attached to an aromatic ring is 1. The summed E-state index contributed by atoms with van der Waals surface area (Å²) in [6, 6.07) is 1.45. The number of anilines is 1. The molecular weight excluding hydrogens is 258 g/mol. The Morgan fingerprint density at radius 3 is 3.22 bits per heavy atom. The van der Waals surface area contributed by atoms with Gasteiger partial charge < -0.3 is 20.5 Å². The molecule has 1 aromatic rings. The van der Waals surface area contributed by atoms with Crippen molar-refractivity contribution in [2.45, 2.75) is 6.10 Å². The molecule has 1 aliphatic heterocycles. The van der Waals surface area contributed by atoms with Crippen molar-refractivity contribution >= 4 is 23.2 Å². The van der Waals surface area contributed by atoms with Crippen molar-refractivity contribution in [3.05, 3.63) is 23.0 Å². The third-order valence-corrected chi connectivity index (χ3v) is 2.97. The van der Waals surface area contributed by atoms with Gasteiger partial charge in [-0.15, -0.1) is 0 Å². The molecule has 98 valence electrons. The predicted molar refractivity (Wildman–Crippen MR) is 66.4 cm³/mol. The molecule has 0 bridgehead atoms. The summed E-state index contributed by atoms with van der Waals surface area (Å²) in [4.78, 5) is 17.6. The third kappa shape index (κ3) is 2.72. The Balaban J connectivity index is 2.17. The summed E-state index contributed by atoms with van der Waals surface area (Å²) in [5.74, 6) is -0.224. The number of amides is 1. The summed E-state index contributed by atoms with van der Waals surface area (Å²) in [6.07, 6.45) is 1.01. The molecule has 0 spiro atoms. The molecule has 1 aromatic heterocycles. The first-order chi connectivity index (χ1) is 8.61. The molecule has 1 aliphatic rings. The zero-order valence-corrected chi connectivity index (χ0v) is 10.4. The maximum atomic E-state index is 12.3. The maximum Gasteiger partial charge on any atom is 0.256 e. The second-order valence-corrected chi connectivity index (χ2v) is 4.41. The van der Waals surface area contributed by atoms with Crippen LogP contribution in [0.15, 0.2) is 12.3 Å². The summed E-state index contributed by atoms with van der Waals surface area (Å²) >= 11 is 5.75. The smallest absolute Gasteiger partial charge is 0.256 e. The number of nitrogens with zero attached hydrogens (tertiary/aromatic N) is 2. The molecule has 18 heavy (non-hydrogen) atoms. The highest BCUT2D eigenvalue weighted by molar-refractivity contribution is 6.29. The van der Waals surface area contributed by atoms with Gasteiger partial charge in [-0.2, -0.15) is 0 Å². The van der Waals surface area contributed by atoms with Crippen LogP contribution < -0.4 is 5.73 Å². The Labute approximate surface area is 109 Å². The van der Waals surface area contributed by atoms with Gasteiger partial charge in [0.05, 0.1) is 36.8 Å². The van der Waals surface area contributed by atoms with E-state index in [2.05, 4.69) is 4.98 Å². The number of aromatic nitrogens is 1. The number of pyridine rings is 1. The lowest BCUT2D eigenvalue weighted by Gasteiger charge is -2.32. The number of aliphatic hydroxyl groups excluding tert-OH is 1. The molecule has 2 rings (SSSR count). The lowest BCUT2D eigenvalue weighted by Crippen LogP contribution is -2.47. The van der Waals surface area contributed by atoms with Crippen LogP contribution in [0.2, 0.25) is 5.15 Å². The number of carbonyl (C=O) groups is 1. The monoisotopic (exact) mass is 271 g/mol. The van der Waals surface area contributed by atoms with Crippen LogP contribution in [-0.2, 0) is 4.74 Å². The van der Waals surface area contributed by atoms with Gasteiger partial charge in [-0.05, 0) is 6.07 Å². The van der Waals surface area contributed by atoms with Crippen LogP contribution >= 0.6 is 11.6 Å². The first-order valence-electron chi connectivity index (χ1n) is 5.54. The van der Waals surface area contributed by atoms with Crippen molar-refractivity contribution in [1.29, 1.82) is 0 Å². The van der Waals surface area contributed by atoms with E-state index < -0.39 is 0 Å². The van der Waals surface area contributed by atoms with Crippen molar-refractivity contribution in [1.82, 2.24) is 9.88 Å². The SMILES string of the molecule is Nc1cnc(Cl)cc1C(=O)N1CCOC(CO)C1. The number of rotatable bonds is 2. The highest BCUT2D eigenvalue weighted by atomic mass is 35.5. The second kappa shape index (κ2) is 5.51. The average molecular weight is 272 g/mol. The summed E-state index contributed by atoms with van der Waals surface area (Å²) in [5.41, 5.74) is 6.33. The Morgan fingerprint density at radius 1 is 1.72 bits per heavy atom. The molecular formula is C11H14ClN3O3. The minimum Gasteiger partial charge on any atom is -0.397 e. The Kier molecular flexibility index (Phi) is 4.00. The molecule has 1 unspecified atom stereocenters. The van der Waals surface area contributed by atoms with Crippen molar-refractivity contribution in [2.75, 3.05) is 32.0 Å². The van der Waals surface area contributed by atoms with E-state index in [4.69, 9.17) is 27.2 Å². The lowest BCUT2D eigenvalue weighted by molar-refractivity contribution is -0.0447. The zero-order chi connectivity index (χ0) is 13.1. The summed E-state index contributed by atoms with van der Waals surface area (Å²) < 4.78 is 5.28.